The van der Waals surface area contributed by atoms with Crippen LogP contribution in [0.15, 0.2) is 83.2 Å². The molecule has 0 unspecified atom stereocenters. The van der Waals surface area contributed by atoms with E-state index < -0.39 is 0 Å². The molecule has 5 rings (SSSR count). The molecule has 1 aromatic heterocycles. The highest BCUT2D eigenvalue weighted by Crippen LogP contribution is 2.45. The zero-order chi connectivity index (χ0) is 18.1. The number of fused-ring (bicyclic) bond motifs is 3. The van der Waals surface area contributed by atoms with Gasteiger partial charge < -0.3 is 0 Å². The molecule has 3 aromatic carbocycles. The van der Waals surface area contributed by atoms with E-state index in [4.69, 9.17) is 4.98 Å². The van der Waals surface area contributed by atoms with Crippen LogP contribution in [0.4, 0.5) is 0 Å². The fourth-order valence-corrected chi connectivity index (χ4v) is 6.10. The van der Waals surface area contributed by atoms with Crippen molar-refractivity contribution in [3.63, 3.8) is 0 Å². The Morgan fingerprint density at radius 2 is 1.56 bits per heavy atom. The fourth-order valence-electron chi connectivity index (χ4n) is 3.58. The van der Waals surface area contributed by atoms with Gasteiger partial charge in [-0.25, -0.2) is 4.98 Å². The van der Waals surface area contributed by atoms with Crippen LogP contribution in [-0.4, -0.2) is 4.98 Å². The predicted molar refractivity (Wildman–Crippen MR) is 114 cm³/mol. The Morgan fingerprint density at radius 3 is 2.26 bits per heavy atom. The molecule has 0 amide bonds. The molecule has 0 bridgehead atoms. The first-order chi connectivity index (χ1) is 13.4. The summed E-state index contributed by atoms with van der Waals surface area (Å²) in [7, 11) is 0. The predicted octanol–water partition coefficient (Wildman–Crippen LogP) is 6.59. The number of benzene rings is 3. The van der Waals surface area contributed by atoms with Gasteiger partial charge >= 0.3 is 0 Å². The van der Waals surface area contributed by atoms with Crippen molar-refractivity contribution in [2.45, 2.75) is 22.4 Å². The van der Waals surface area contributed by atoms with Crippen LogP contribution in [0, 0.1) is 6.07 Å². The largest absolute Gasteiger partial charge is 0.229 e. The molecule has 0 spiro atoms. The van der Waals surface area contributed by atoms with Crippen molar-refractivity contribution in [1.29, 1.82) is 0 Å². The van der Waals surface area contributed by atoms with Crippen LogP contribution in [0.2, 0.25) is 0 Å². The summed E-state index contributed by atoms with van der Waals surface area (Å²) in [5.74, 6) is 0. The molecular weight excluding hydrogens is 366 g/mol. The lowest BCUT2D eigenvalue weighted by atomic mass is 9.94. The fraction of sp³-hybridized carbons (Fsp3) is 0.125. The molecule has 1 aliphatic rings. The lowest BCUT2D eigenvalue weighted by Crippen LogP contribution is -2.01. The smallest absolute Gasteiger partial charge is 0.151 e. The maximum absolute atomic E-state index is 5.04. The Bertz CT molecular complexity index is 1010. The van der Waals surface area contributed by atoms with Gasteiger partial charge in [0.25, 0.3) is 0 Å². The molecule has 0 aliphatic heterocycles. The Hall–Kier alpha value is -2.36. The lowest BCUT2D eigenvalue weighted by Gasteiger charge is -2.16. The summed E-state index contributed by atoms with van der Waals surface area (Å²) < 4.78 is 1.15. The third-order valence-electron chi connectivity index (χ3n) is 4.90. The van der Waals surface area contributed by atoms with Gasteiger partial charge in [0, 0.05) is 10.4 Å². The highest BCUT2D eigenvalue weighted by Gasteiger charge is 2.23. The molecule has 3 heteroatoms. The number of hydrogen-bond donors (Lipinski definition) is 0. The molecular formula is C24H18NS2. The molecule has 27 heavy (non-hydrogen) atoms. The summed E-state index contributed by atoms with van der Waals surface area (Å²) in [6, 6.07) is 31.1. The topological polar surface area (TPSA) is 12.9 Å². The third kappa shape index (κ3) is 3.33. The summed E-state index contributed by atoms with van der Waals surface area (Å²) in [5.41, 5.74) is 6.36. The van der Waals surface area contributed by atoms with E-state index in [-0.39, 0.29) is 5.25 Å². The summed E-state index contributed by atoms with van der Waals surface area (Å²) >= 11 is 3.71. The molecule has 1 heterocycles. The summed E-state index contributed by atoms with van der Waals surface area (Å²) in [5, 5.41) is 0.252. The van der Waals surface area contributed by atoms with Gasteiger partial charge in [0.2, 0.25) is 0 Å². The van der Waals surface area contributed by atoms with Crippen molar-refractivity contribution < 1.29 is 0 Å². The van der Waals surface area contributed by atoms with Gasteiger partial charge in [-0.2, -0.15) is 0 Å². The number of hydrogen-bond acceptors (Lipinski definition) is 3. The van der Waals surface area contributed by atoms with Crippen molar-refractivity contribution in [1.82, 2.24) is 4.98 Å². The van der Waals surface area contributed by atoms with Gasteiger partial charge in [-0.3, -0.25) is 0 Å². The van der Waals surface area contributed by atoms with E-state index >= 15 is 0 Å². The van der Waals surface area contributed by atoms with Crippen LogP contribution in [0.1, 0.15) is 26.8 Å². The molecule has 1 radical (unpaired) electrons. The minimum Gasteiger partial charge on any atom is -0.229 e. The lowest BCUT2D eigenvalue weighted by molar-refractivity contribution is 0.951. The second-order valence-electron chi connectivity index (χ2n) is 6.63. The van der Waals surface area contributed by atoms with Gasteiger partial charge in [0.1, 0.15) is 0 Å². The number of thioether (sulfide) groups is 1. The summed E-state index contributed by atoms with van der Waals surface area (Å²) in [4.78, 5) is 6.45. The van der Waals surface area contributed by atoms with E-state index in [2.05, 4.69) is 78.9 Å². The van der Waals surface area contributed by atoms with E-state index in [1.807, 2.05) is 29.2 Å². The Balaban J connectivity index is 1.53. The molecule has 0 atom stereocenters. The van der Waals surface area contributed by atoms with E-state index in [9.17, 15) is 0 Å². The van der Waals surface area contributed by atoms with Gasteiger partial charge in [0.15, 0.2) is 4.34 Å². The van der Waals surface area contributed by atoms with Crippen molar-refractivity contribution in [3.05, 3.63) is 106 Å². The molecule has 131 valence electrons. The van der Waals surface area contributed by atoms with E-state index in [0.717, 1.165) is 17.2 Å². The zero-order valence-electron chi connectivity index (χ0n) is 14.8. The molecule has 0 fully saturated rings. The molecule has 0 N–H and O–H groups in total. The summed E-state index contributed by atoms with van der Waals surface area (Å²) in [6.45, 7) is 0. The first-order valence-electron chi connectivity index (χ1n) is 9.15. The number of nitrogens with zero attached hydrogens (tertiary/aromatic N) is 1. The average Bonchev–Trinajstić information content (AvgIpc) is 3.17. The van der Waals surface area contributed by atoms with Gasteiger partial charge in [-0.15, -0.1) is 11.3 Å². The van der Waals surface area contributed by atoms with Crippen LogP contribution in [0.3, 0.4) is 0 Å². The second kappa shape index (κ2) is 7.34. The third-order valence-corrected chi connectivity index (χ3v) is 7.42. The van der Waals surface area contributed by atoms with Gasteiger partial charge in [-0.1, -0.05) is 90.6 Å². The maximum Gasteiger partial charge on any atom is 0.151 e. The van der Waals surface area contributed by atoms with Crippen LogP contribution >= 0.6 is 23.1 Å². The normalized spacial score (nSPS) is 12.6. The highest BCUT2D eigenvalue weighted by molar-refractivity contribution is 8.01. The van der Waals surface area contributed by atoms with Gasteiger partial charge in [0.05, 0.1) is 10.9 Å². The number of aryl methyl sites for hydroxylation is 2. The zero-order valence-corrected chi connectivity index (χ0v) is 16.4. The van der Waals surface area contributed by atoms with E-state index in [0.29, 0.717) is 0 Å². The van der Waals surface area contributed by atoms with Crippen molar-refractivity contribution >= 4 is 23.1 Å². The van der Waals surface area contributed by atoms with E-state index in [1.165, 1.54) is 32.8 Å². The van der Waals surface area contributed by atoms with Crippen LogP contribution in [0.5, 0.6) is 0 Å². The van der Waals surface area contributed by atoms with Gasteiger partial charge in [-0.05, 0) is 35.6 Å². The average molecular weight is 385 g/mol. The highest BCUT2D eigenvalue weighted by atomic mass is 32.2. The van der Waals surface area contributed by atoms with Crippen molar-refractivity contribution in [2.24, 2.45) is 0 Å². The minimum atomic E-state index is 0.252. The van der Waals surface area contributed by atoms with Crippen molar-refractivity contribution in [2.75, 3.05) is 0 Å². The van der Waals surface area contributed by atoms with Crippen LogP contribution in [-0.2, 0) is 12.8 Å². The standard InChI is InChI=1S/C24H18NS2/c1-3-10-18(11-4-1)23(19-12-5-2-6-13-19)27-24-25-22-20-14-8-7-9-17(20)15-16-21(22)26-24/h1-8,10-14,23H,15-16H2. The van der Waals surface area contributed by atoms with Crippen LogP contribution in [0.25, 0.3) is 11.3 Å². The number of rotatable bonds is 4. The molecule has 0 saturated heterocycles. The summed E-state index contributed by atoms with van der Waals surface area (Å²) in [6.07, 6.45) is 2.14. The number of thiazole rings is 1. The first kappa shape index (κ1) is 16.8. The van der Waals surface area contributed by atoms with Crippen molar-refractivity contribution in [3.8, 4) is 11.3 Å². The molecule has 4 aromatic rings. The molecule has 1 nitrogen and oxygen atoms in total. The molecule has 1 aliphatic carbocycles. The number of aromatic nitrogens is 1. The SMILES string of the molecule is [c]1cccc2c1CCc1sc(SC(c3ccccc3)c3ccccc3)nc1-2. The second-order valence-corrected chi connectivity index (χ2v) is 9.07. The Labute approximate surface area is 168 Å². The minimum absolute atomic E-state index is 0.252. The van der Waals surface area contributed by atoms with Crippen LogP contribution < -0.4 is 0 Å². The Kier molecular flexibility index (Phi) is 4.56. The monoisotopic (exact) mass is 384 g/mol. The molecule has 0 saturated carbocycles. The van der Waals surface area contributed by atoms with E-state index in [1.54, 1.807) is 0 Å². The maximum atomic E-state index is 5.04. The first-order valence-corrected chi connectivity index (χ1v) is 10.8. The quantitative estimate of drug-likeness (QED) is 0.368. The Morgan fingerprint density at radius 1 is 0.852 bits per heavy atom.